The number of ether oxygens (including phenoxy) is 1. The summed E-state index contributed by atoms with van der Waals surface area (Å²) in [7, 11) is 0. The lowest BCUT2D eigenvalue weighted by Gasteiger charge is -2.30. The summed E-state index contributed by atoms with van der Waals surface area (Å²) in [6.45, 7) is 8.97. The van der Waals surface area contributed by atoms with Crippen LogP contribution in [0.15, 0.2) is 0 Å². The van der Waals surface area contributed by atoms with Gasteiger partial charge < -0.3 is 4.74 Å². The molecule has 88 valence electrons. The van der Waals surface area contributed by atoms with Crippen molar-refractivity contribution in [2.45, 2.75) is 52.9 Å². The van der Waals surface area contributed by atoms with Gasteiger partial charge in [-0.1, -0.05) is 20.8 Å². The van der Waals surface area contributed by atoms with Crippen LogP contribution in [-0.4, -0.2) is 13.2 Å². The fraction of sp³-hybridized carbons (Fsp3) is 1.00. The molecule has 0 aromatic heterocycles. The molecule has 1 heteroatoms. The lowest BCUT2D eigenvalue weighted by Crippen LogP contribution is -2.23. The summed E-state index contributed by atoms with van der Waals surface area (Å²) in [6, 6.07) is 0. The first-order valence-corrected chi connectivity index (χ1v) is 6.73. The van der Waals surface area contributed by atoms with E-state index in [1.54, 1.807) is 0 Å². The Labute approximate surface area is 94.6 Å². The zero-order chi connectivity index (χ0) is 10.9. The van der Waals surface area contributed by atoms with Gasteiger partial charge in [-0.05, 0) is 55.3 Å². The van der Waals surface area contributed by atoms with Crippen molar-refractivity contribution in [1.82, 2.24) is 0 Å². The molecule has 2 rings (SSSR count). The van der Waals surface area contributed by atoms with Crippen molar-refractivity contribution >= 4 is 0 Å². The predicted molar refractivity (Wildman–Crippen MR) is 63.8 cm³/mol. The molecular formula is C14H26O. The monoisotopic (exact) mass is 210 g/mol. The van der Waals surface area contributed by atoms with Gasteiger partial charge in [-0.2, -0.15) is 0 Å². The normalized spacial score (nSPS) is 41.0. The van der Waals surface area contributed by atoms with E-state index in [1.807, 2.05) is 0 Å². The van der Waals surface area contributed by atoms with E-state index in [9.17, 15) is 0 Å². The lowest BCUT2D eigenvalue weighted by molar-refractivity contribution is 0.0697. The average molecular weight is 210 g/mol. The van der Waals surface area contributed by atoms with Crippen LogP contribution in [0.5, 0.6) is 0 Å². The highest BCUT2D eigenvalue weighted by Crippen LogP contribution is 2.62. The second-order valence-electron chi connectivity index (χ2n) is 6.14. The van der Waals surface area contributed by atoms with Gasteiger partial charge in [0.25, 0.3) is 0 Å². The van der Waals surface area contributed by atoms with Crippen LogP contribution >= 0.6 is 0 Å². The van der Waals surface area contributed by atoms with Crippen LogP contribution in [-0.2, 0) is 4.74 Å². The topological polar surface area (TPSA) is 9.23 Å². The van der Waals surface area contributed by atoms with Crippen LogP contribution in [0.2, 0.25) is 0 Å². The molecule has 15 heavy (non-hydrogen) atoms. The fourth-order valence-electron chi connectivity index (χ4n) is 3.24. The lowest BCUT2D eigenvalue weighted by atomic mass is 9.77. The summed E-state index contributed by atoms with van der Waals surface area (Å²) in [5.74, 6) is 2.79. The van der Waals surface area contributed by atoms with Gasteiger partial charge in [0, 0.05) is 13.2 Å². The molecule has 4 unspecified atom stereocenters. The summed E-state index contributed by atoms with van der Waals surface area (Å²) in [5.41, 5.74) is 0.764. The largest absolute Gasteiger partial charge is 0.381 e. The highest BCUT2D eigenvalue weighted by Gasteiger charge is 2.53. The second kappa shape index (κ2) is 4.45. The van der Waals surface area contributed by atoms with Crippen molar-refractivity contribution < 1.29 is 4.74 Å². The number of hydrogen-bond donors (Lipinski definition) is 0. The highest BCUT2D eigenvalue weighted by molar-refractivity contribution is 5.03. The first kappa shape index (κ1) is 11.4. The SMILES string of the molecule is CCCOCC(C)C1CCC2(C)CC2C1. The molecule has 1 nitrogen and oxygen atoms in total. The quantitative estimate of drug-likeness (QED) is 0.626. The van der Waals surface area contributed by atoms with Crippen molar-refractivity contribution in [3.8, 4) is 0 Å². The van der Waals surface area contributed by atoms with Crippen molar-refractivity contribution in [2.24, 2.45) is 23.2 Å². The van der Waals surface area contributed by atoms with Crippen LogP contribution < -0.4 is 0 Å². The van der Waals surface area contributed by atoms with E-state index < -0.39 is 0 Å². The van der Waals surface area contributed by atoms with Gasteiger partial charge in [0.1, 0.15) is 0 Å². The molecule has 2 fully saturated rings. The molecule has 0 aliphatic heterocycles. The van der Waals surface area contributed by atoms with E-state index in [0.29, 0.717) is 0 Å². The molecule has 2 aliphatic rings. The summed E-state index contributed by atoms with van der Waals surface area (Å²) < 4.78 is 5.67. The second-order valence-corrected chi connectivity index (χ2v) is 6.14. The van der Waals surface area contributed by atoms with E-state index in [0.717, 1.165) is 42.8 Å². The van der Waals surface area contributed by atoms with Gasteiger partial charge in [-0.25, -0.2) is 0 Å². The molecule has 0 bridgehead atoms. The molecule has 0 N–H and O–H groups in total. The van der Waals surface area contributed by atoms with Gasteiger partial charge in [0.05, 0.1) is 0 Å². The minimum Gasteiger partial charge on any atom is -0.381 e. The van der Waals surface area contributed by atoms with Crippen molar-refractivity contribution in [2.75, 3.05) is 13.2 Å². The molecule has 0 aromatic rings. The number of rotatable bonds is 5. The summed E-state index contributed by atoms with van der Waals surface area (Å²) in [5, 5.41) is 0. The third-order valence-corrected chi connectivity index (χ3v) is 4.75. The van der Waals surface area contributed by atoms with E-state index >= 15 is 0 Å². The molecule has 2 aliphatic carbocycles. The Balaban J connectivity index is 1.70. The molecule has 0 spiro atoms. The standard InChI is InChI=1S/C14H26O/c1-4-7-15-10-11(2)12-5-6-14(3)9-13(14)8-12/h11-13H,4-10H2,1-3H3. The van der Waals surface area contributed by atoms with Crippen molar-refractivity contribution in [1.29, 1.82) is 0 Å². The first-order chi connectivity index (χ1) is 7.15. The third kappa shape index (κ3) is 2.55. The van der Waals surface area contributed by atoms with Gasteiger partial charge in [0.2, 0.25) is 0 Å². The predicted octanol–water partition coefficient (Wildman–Crippen LogP) is 3.88. The molecule has 4 atom stereocenters. The Morgan fingerprint density at radius 3 is 2.93 bits per heavy atom. The van der Waals surface area contributed by atoms with Gasteiger partial charge >= 0.3 is 0 Å². The van der Waals surface area contributed by atoms with E-state index in [2.05, 4.69) is 20.8 Å². The number of fused-ring (bicyclic) bond motifs is 1. The van der Waals surface area contributed by atoms with E-state index in [1.165, 1.54) is 25.7 Å². The molecule has 0 saturated heterocycles. The minimum atomic E-state index is 0.764. The summed E-state index contributed by atoms with van der Waals surface area (Å²) in [6.07, 6.45) is 7.06. The van der Waals surface area contributed by atoms with E-state index in [-0.39, 0.29) is 0 Å². The maximum Gasteiger partial charge on any atom is 0.0494 e. The van der Waals surface area contributed by atoms with Crippen LogP contribution in [0.4, 0.5) is 0 Å². The van der Waals surface area contributed by atoms with Crippen LogP contribution in [0, 0.1) is 23.2 Å². The van der Waals surface area contributed by atoms with Gasteiger partial charge in [-0.15, -0.1) is 0 Å². The number of hydrogen-bond acceptors (Lipinski definition) is 1. The zero-order valence-electron chi connectivity index (χ0n) is 10.6. The van der Waals surface area contributed by atoms with Crippen LogP contribution in [0.25, 0.3) is 0 Å². The smallest absolute Gasteiger partial charge is 0.0494 e. The highest BCUT2D eigenvalue weighted by atomic mass is 16.5. The maximum absolute atomic E-state index is 5.67. The Kier molecular flexibility index (Phi) is 3.39. The van der Waals surface area contributed by atoms with Crippen molar-refractivity contribution in [3.05, 3.63) is 0 Å². The summed E-state index contributed by atoms with van der Waals surface area (Å²) >= 11 is 0. The molecule has 2 saturated carbocycles. The van der Waals surface area contributed by atoms with Gasteiger partial charge in [0.15, 0.2) is 0 Å². The Bertz CT molecular complexity index is 213. The summed E-state index contributed by atoms with van der Waals surface area (Å²) in [4.78, 5) is 0. The molecule has 0 aromatic carbocycles. The van der Waals surface area contributed by atoms with Crippen LogP contribution in [0.3, 0.4) is 0 Å². The first-order valence-electron chi connectivity index (χ1n) is 6.73. The average Bonchev–Trinajstić information content (AvgIpc) is 2.88. The minimum absolute atomic E-state index is 0.764. The maximum atomic E-state index is 5.67. The Morgan fingerprint density at radius 2 is 2.27 bits per heavy atom. The molecule has 0 radical (unpaired) electrons. The zero-order valence-corrected chi connectivity index (χ0v) is 10.6. The molecular weight excluding hydrogens is 184 g/mol. The van der Waals surface area contributed by atoms with E-state index in [4.69, 9.17) is 4.74 Å². The third-order valence-electron chi connectivity index (χ3n) is 4.75. The Hall–Kier alpha value is -0.0400. The van der Waals surface area contributed by atoms with Gasteiger partial charge in [-0.3, -0.25) is 0 Å². The van der Waals surface area contributed by atoms with Crippen molar-refractivity contribution in [3.63, 3.8) is 0 Å². The van der Waals surface area contributed by atoms with Crippen LogP contribution in [0.1, 0.15) is 52.9 Å². The molecule has 0 amide bonds. The molecule has 0 heterocycles. The fourth-order valence-corrected chi connectivity index (χ4v) is 3.24. The Morgan fingerprint density at radius 1 is 1.47 bits per heavy atom.